The van der Waals surface area contributed by atoms with Crippen molar-refractivity contribution < 1.29 is 9.53 Å². The van der Waals surface area contributed by atoms with E-state index < -0.39 is 5.60 Å². The maximum atomic E-state index is 12.3. The normalized spacial score (nSPS) is 24.8. The van der Waals surface area contributed by atoms with Gasteiger partial charge in [0, 0.05) is 38.8 Å². The van der Waals surface area contributed by atoms with E-state index in [1.807, 2.05) is 25.7 Å². The van der Waals surface area contributed by atoms with Crippen LogP contribution < -0.4 is 5.32 Å². The first kappa shape index (κ1) is 21.6. The first-order chi connectivity index (χ1) is 14.3. The summed E-state index contributed by atoms with van der Waals surface area (Å²) in [5.74, 6) is 0.829. The summed E-state index contributed by atoms with van der Waals surface area (Å²) in [4.78, 5) is 16.8. The van der Waals surface area contributed by atoms with Crippen molar-refractivity contribution in [2.75, 3.05) is 32.7 Å². The van der Waals surface area contributed by atoms with Crippen molar-refractivity contribution in [2.45, 2.75) is 71.1 Å². The molecule has 1 amide bonds. The molecule has 1 aromatic carbocycles. The number of amides is 1. The van der Waals surface area contributed by atoms with Crippen LogP contribution in [-0.4, -0.2) is 60.3 Å². The second kappa shape index (κ2) is 8.88. The highest BCUT2D eigenvalue weighted by molar-refractivity contribution is 5.68. The molecule has 0 aromatic heterocycles. The van der Waals surface area contributed by atoms with Crippen LogP contribution in [-0.2, 0) is 11.3 Å². The van der Waals surface area contributed by atoms with E-state index in [2.05, 4.69) is 40.5 Å². The predicted molar refractivity (Wildman–Crippen MR) is 120 cm³/mol. The topological polar surface area (TPSA) is 44.8 Å². The molecule has 3 aliphatic rings. The molecule has 5 nitrogen and oxygen atoms in total. The van der Waals surface area contributed by atoms with Gasteiger partial charge >= 0.3 is 6.09 Å². The van der Waals surface area contributed by atoms with Gasteiger partial charge in [0.25, 0.3) is 0 Å². The Morgan fingerprint density at radius 1 is 1.10 bits per heavy atom. The third kappa shape index (κ3) is 5.55. The lowest BCUT2D eigenvalue weighted by Gasteiger charge is -2.35. The van der Waals surface area contributed by atoms with Crippen LogP contribution in [0.4, 0.5) is 4.79 Å². The number of piperidine rings is 1. The fourth-order valence-electron chi connectivity index (χ4n) is 5.15. The SMILES string of the molecule is CC(C)(C)OC(=O)N1CCC(NCC2([C@H]3CCN(Cc4ccccc4)C3)CC2)CC1. The van der Waals surface area contributed by atoms with Gasteiger partial charge in [-0.1, -0.05) is 30.3 Å². The van der Waals surface area contributed by atoms with Crippen molar-refractivity contribution >= 4 is 6.09 Å². The van der Waals surface area contributed by atoms with Crippen molar-refractivity contribution in [3.63, 3.8) is 0 Å². The molecule has 1 N–H and O–H groups in total. The minimum atomic E-state index is -0.416. The van der Waals surface area contributed by atoms with Gasteiger partial charge in [-0.15, -0.1) is 0 Å². The summed E-state index contributed by atoms with van der Waals surface area (Å²) in [6.07, 6.45) is 5.98. The van der Waals surface area contributed by atoms with Gasteiger partial charge in [-0.2, -0.15) is 0 Å². The molecule has 1 aliphatic carbocycles. The van der Waals surface area contributed by atoms with E-state index in [1.54, 1.807) is 0 Å². The van der Waals surface area contributed by atoms with E-state index in [0.29, 0.717) is 11.5 Å². The molecular formula is C25H39N3O2. The Kier molecular flexibility index (Phi) is 6.40. The van der Waals surface area contributed by atoms with E-state index in [0.717, 1.165) is 44.9 Å². The largest absolute Gasteiger partial charge is 0.444 e. The number of carbonyl (C=O) groups excluding carboxylic acids is 1. The van der Waals surface area contributed by atoms with E-state index in [4.69, 9.17) is 4.74 Å². The smallest absolute Gasteiger partial charge is 0.410 e. The third-order valence-corrected chi connectivity index (χ3v) is 7.17. The number of rotatable bonds is 6. The van der Waals surface area contributed by atoms with Gasteiger partial charge in [-0.05, 0) is 76.3 Å². The molecule has 1 saturated carbocycles. The maximum absolute atomic E-state index is 12.3. The molecule has 2 heterocycles. The first-order valence-corrected chi connectivity index (χ1v) is 11.8. The molecule has 4 rings (SSSR count). The molecule has 0 unspecified atom stereocenters. The molecule has 3 fully saturated rings. The van der Waals surface area contributed by atoms with Crippen LogP contribution in [0.15, 0.2) is 30.3 Å². The van der Waals surface area contributed by atoms with Crippen molar-refractivity contribution in [2.24, 2.45) is 11.3 Å². The average Bonchev–Trinajstić information content (AvgIpc) is 3.36. The zero-order valence-corrected chi connectivity index (χ0v) is 19.0. The average molecular weight is 414 g/mol. The standard InChI is InChI=1S/C25H39N3O2/c1-24(2,3)30-23(29)28-15-10-22(11-16-28)26-19-25(12-13-25)21-9-14-27(18-21)17-20-7-5-4-6-8-20/h4-8,21-22,26H,9-19H2,1-3H3/t21-/m0/s1. The summed E-state index contributed by atoms with van der Waals surface area (Å²) < 4.78 is 5.52. The second-order valence-corrected chi connectivity index (χ2v) is 10.7. The summed E-state index contributed by atoms with van der Waals surface area (Å²) >= 11 is 0. The van der Waals surface area contributed by atoms with Gasteiger partial charge < -0.3 is 15.0 Å². The lowest BCUT2D eigenvalue weighted by molar-refractivity contribution is 0.0196. The van der Waals surface area contributed by atoms with E-state index in [9.17, 15) is 4.79 Å². The zero-order chi connectivity index (χ0) is 21.2. The Morgan fingerprint density at radius 3 is 2.43 bits per heavy atom. The van der Waals surface area contributed by atoms with Gasteiger partial charge in [0.2, 0.25) is 0 Å². The van der Waals surface area contributed by atoms with Crippen LogP contribution in [0.5, 0.6) is 0 Å². The quantitative estimate of drug-likeness (QED) is 0.756. The van der Waals surface area contributed by atoms with Crippen LogP contribution in [0.3, 0.4) is 0 Å². The minimum Gasteiger partial charge on any atom is -0.444 e. The zero-order valence-electron chi connectivity index (χ0n) is 19.0. The highest BCUT2D eigenvalue weighted by Crippen LogP contribution is 2.54. The molecule has 2 aliphatic heterocycles. The number of nitrogens with zero attached hydrogens (tertiary/aromatic N) is 2. The number of hydrogen-bond donors (Lipinski definition) is 1. The van der Waals surface area contributed by atoms with Crippen molar-refractivity contribution in [1.82, 2.24) is 15.1 Å². The van der Waals surface area contributed by atoms with Gasteiger partial charge in [0.15, 0.2) is 0 Å². The van der Waals surface area contributed by atoms with Crippen LogP contribution in [0, 0.1) is 11.3 Å². The van der Waals surface area contributed by atoms with Crippen LogP contribution in [0.25, 0.3) is 0 Å². The van der Waals surface area contributed by atoms with Crippen LogP contribution in [0.2, 0.25) is 0 Å². The summed E-state index contributed by atoms with van der Waals surface area (Å²) in [7, 11) is 0. The number of benzene rings is 1. The monoisotopic (exact) mass is 413 g/mol. The predicted octanol–water partition coefficient (Wildman–Crippen LogP) is 4.28. The Morgan fingerprint density at radius 2 is 1.80 bits per heavy atom. The van der Waals surface area contributed by atoms with E-state index >= 15 is 0 Å². The Labute approximate surface area is 182 Å². The molecule has 1 atom stereocenters. The number of carbonyl (C=O) groups is 1. The van der Waals surface area contributed by atoms with Crippen molar-refractivity contribution in [1.29, 1.82) is 0 Å². The number of ether oxygens (including phenoxy) is 1. The first-order valence-electron chi connectivity index (χ1n) is 11.8. The highest BCUT2D eigenvalue weighted by Gasteiger charge is 2.50. The molecule has 0 bridgehead atoms. The fraction of sp³-hybridized carbons (Fsp3) is 0.720. The highest BCUT2D eigenvalue weighted by atomic mass is 16.6. The molecule has 0 spiro atoms. The Hall–Kier alpha value is -1.59. The molecule has 166 valence electrons. The minimum absolute atomic E-state index is 0.163. The van der Waals surface area contributed by atoms with Crippen molar-refractivity contribution in [3.05, 3.63) is 35.9 Å². The maximum Gasteiger partial charge on any atom is 0.410 e. The van der Waals surface area contributed by atoms with E-state index in [-0.39, 0.29) is 6.09 Å². The summed E-state index contributed by atoms with van der Waals surface area (Å²) in [5, 5.41) is 3.88. The molecule has 2 saturated heterocycles. The van der Waals surface area contributed by atoms with Crippen LogP contribution >= 0.6 is 0 Å². The lowest BCUT2D eigenvalue weighted by Crippen LogP contribution is -2.48. The lowest BCUT2D eigenvalue weighted by atomic mass is 9.87. The Balaban J connectivity index is 1.19. The molecule has 0 radical (unpaired) electrons. The van der Waals surface area contributed by atoms with E-state index in [1.165, 1.54) is 37.9 Å². The third-order valence-electron chi connectivity index (χ3n) is 7.17. The van der Waals surface area contributed by atoms with Gasteiger partial charge in [0.05, 0.1) is 0 Å². The van der Waals surface area contributed by atoms with Gasteiger partial charge in [-0.25, -0.2) is 4.79 Å². The number of nitrogens with one attached hydrogen (secondary N) is 1. The fourth-order valence-corrected chi connectivity index (χ4v) is 5.15. The molecule has 1 aromatic rings. The van der Waals surface area contributed by atoms with Crippen molar-refractivity contribution in [3.8, 4) is 0 Å². The Bertz CT molecular complexity index is 703. The van der Waals surface area contributed by atoms with Gasteiger partial charge in [-0.3, -0.25) is 4.90 Å². The summed E-state index contributed by atoms with van der Waals surface area (Å²) in [6, 6.07) is 11.4. The summed E-state index contributed by atoms with van der Waals surface area (Å²) in [5.41, 5.74) is 1.53. The van der Waals surface area contributed by atoms with Crippen LogP contribution in [0.1, 0.15) is 58.4 Å². The number of hydrogen-bond acceptors (Lipinski definition) is 4. The molecule has 5 heteroatoms. The molecule has 30 heavy (non-hydrogen) atoms. The second-order valence-electron chi connectivity index (χ2n) is 10.7. The van der Waals surface area contributed by atoms with Gasteiger partial charge in [0.1, 0.15) is 5.60 Å². The summed E-state index contributed by atoms with van der Waals surface area (Å²) in [6.45, 7) is 12.1. The number of likely N-dealkylation sites (tertiary alicyclic amines) is 2. The molecular weight excluding hydrogens is 374 g/mol.